The number of hydrogen-bond acceptors (Lipinski definition) is 5. The predicted octanol–water partition coefficient (Wildman–Crippen LogP) is 4.39. The van der Waals surface area contributed by atoms with E-state index in [1.807, 2.05) is 19.1 Å². The van der Waals surface area contributed by atoms with Crippen LogP contribution in [-0.4, -0.2) is 11.1 Å². The number of nitrogens with two attached hydrogens (primary N) is 1. The van der Waals surface area contributed by atoms with Gasteiger partial charge in [-0.05, 0) is 53.4 Å². The minimum absolute atomic E-state index is 0.00257. The van der Waals surface area contributed by atoms with Crippen LogP contribution in [0.5, 0.6) is 0 Å². The Balaban J connectivity index is 1.86. The van der Waals surface area contributed by atoms with Gasteiger partial charge in [0.25, 0.3) is 0 Å². The molecule has 0 heterocycles. The zero-order valence-corrected chi connectivity index (χ0v) is 18.2. The Morgan fingerprint density at radius 1 is 1.14 bits per heavy atom. The third kappa shape index (κ3) is 6.51. The molecule has 28 heavy (non-hydrogen) atoms. The summed E-state index contributed by atoms with van der Waals surface area (Å²) in [6, 6.07) is 15.7. The maximum atomic E-state index is 11.6. The second-order valence-corrected chi connectivity index (χ2v) is 8.35. The summed E-state index contributed by atoms with van der Waals surface area (Å²) in [4.78, 5) is 11.6. The lowest BCUT2D eigenvalue weighted by Crippen LogP contribution is -2.36. The quantitative estimate of drug-likeness (QED) is 0.366. The molecular weight excluding hydrogens is 390 g/mol. The van der Waals surface area contributed by atoms with Crippen molar-refractivity contribution < 1.29 is 8.98 Å². The van der Waals surface area contributed by atoms with Crippen molar-refractivity contribution in [3.63, 3.8) is 0 Å². The lowest BCUT2D eigenvalue weighted by atomic mass is 9.87. The zero-order valence-electron chi connectivity index (χ0n) is 16.6. The summed E-state index contributed by atoms with van der Waals surface area (Å²) < 4.78 is 4.70. The SMILES string of the molecule is CC(NC(=S)NCc1ccc(C(C)(C)C)cc1)c1ccc(C(=O)OSN)cc1. The van der Waals surface area contributed by atoms with Crippen molar-refractivity contribution in [1.82, 2.24) is 10.6 Å². The minimum Gasteiger partial charge on any atom is -0.371 e. The van der Waals surface area contributed by atoms with Gasteiger partial charge in [0.15, 0.2) is 5.11 Å². The third-order valence-corrected chi connectivity index (χ3v) is 4.90. The number of hydrogen-bond donors (Lipinski definition) is 3. The van der Waals surface area contributed by atoms with E-state index in [9.17, 15) is 4.79 Å². The molecule has 150 valence electrons. The van der Waals surface area contributed by atoms with Gasteiger partial charge >= 0.3 is 5.97 Å². The molecule has 2 aromatic carbocycles. The van der Waals surface area contributed by atoms with E-state index in [0.29, 0.717) is 29.4 Å². The average Bonchev–Trinajstić information content (AvgIpc) is 2.66. The first-order chi connectivity index (χ1) is 13.2. The van der Waals surface area contributed by atoms with Crippen LogP contribution in [-0.2, 0) is 16.1 Å². The Morgan fingerprint density at radius 3 is 2.29 bits per heavy atom. The first-order valence-electron chi connectivity index (χ1n) is 9.02. The van der Waals surface area contributed by atoms with E-state index in [0.717, 1.165) is 5.56 Å². The van der Waals surface area contributed by atoms with Crippen LogP contribution in [0.2, 0.25) is 0 Å². The molecule has 0 aromatic heterocycles. The summed E-state index contributed by atoms with van der Waals surface area (Å²) >= 11 is 5.94. The molecule has 0 saturated carbocycles. The van der Waals surface area contributed by atoms with E-state index >= 15 is 0 Å². The molecule has 4 N–H and O–H groups in total. The largest absolute Gasteiger partial charge is 0.371 e. The standard InChI is InChI=1S/C21H27N3O2S2/c1-14(16-7-9-17(10-8-16)19(25)26-28-22)24-20(27)23-13-15-5-11-18(12-6-15)21(2,3)4/h5-12,14H,13,22H2,1-4H3,(H2,23,24,27). The molecular formula is C21H27N3O2S2. The Morgan fingerprint density at radius 2 is 1.75 bits per heavy atom. The topological polar surface area (TPSA) is 76.4 Å². The van der Waals surface area contributed by atoms with Crippen LogP contribution in [0.4, 0.5) is 0 Å². The number of carbonyl (C=O) groups is 1. The van der Waals surface area contributed by atoms with Gasteiger partial charge in [-0.2, -0.15) is 0 Å². The van der Waals surface area contributed by atoms with Gasteiger partial charge < -0.3 is 14.8 Å². The van der Waals surface area contributed by atoms with Crippen LogP contribution >= 0.6 is 24.4 Å². The second kappa shape index (κ2) is 9.91. The molecule has 0 saturated heterocycles. The lowest BCUT2D eigenvalue weighted by molar-refractivity contribution is 0.0768. The van der Waals surface area contributed by atoms with Gasteiger partial charge in [-0.25, -0.2) is 9.93 Å². The van der Waals surface area contributed by atoms with Crippen LogP contribution in [0, 0.1) is 0 Å². The first-order valence-corrected chi connectivity index (χ1v) is 10.2. The first kappa shape index (κ1) is 22.2. The molecule has 0 bridgehead atoms. The van der Waals surface area contributed by atoms with Crippen LogP contribution < -0.4 is 15.8 Å². The highest BCUT2D eigenvalue weighted by molar-refractivity contribution is 7.92. The highest BCUT2D eigenvalue weighted by Gasteiger charge is 2.13. The van der Waals surface area contributed by atoms with E-state index in [1.165, 1.54) is 11.1 Å². The normalized spacial score (nSPS) is 12.2. The molecule has 0 aliphatic carbocycles. The third-order valence-electron chi connectivity index (χ3n) is 4.39. The fourth-order valence-electron chi connectivity index (χ4n) is 2.64. The van der Waals surface area contributed by atoms with Gasteiger partial charge in [0.2, 0.25) is 0 Å². The van der Waals surface area contributed by atoms with E-state index in [2.05, 4.69) is 55.7 Å². The Hall–Kier alpha value is -2.09. The van der Waals surface area contributed by atoms with Crippen LogP contribution in [0.3, 0.4) is 0 Å². The van der Waals surface area contributed by atoms with Crippen LogP contribution in [0.1, 0.15) is 60.8 Å². The van der Waals surface area contributed by atoms with Crippen molar-refractivity contribution in [2.45, 2.75) is 45.7 Å². The molecule has 1 atom stereocenters. The predicted molar refractivity (Wildman–Crippen MR) is 120 cm³/mol. The molecule has 5 nitrogen and oxygen atoms in total. The maximum Gasteiger partial charge on any atom is 0.351 e. The fraction of sp³-hybridized carbons (Fsp3) is 0.333. The average molecular weight is 418 g/mol. The van der Waals surface area contributed by atoms with Crippen molar-refractivity contribution in [2.24, 2.45) is 5.14 Å². The second-order valence-electron chi connectivity index (χ2n) is 7.58. The molecule has 0 aliphatic rings. The Bertz CT molecular complexity index is 800. The van der Waals surface area contributed by atoms with Crippen LogP contribution in [0.25, 0.3) is 0 Å². The van der Waals surface area contributed by atoms with E-state index in [-0.39, 0.29) is 11.5 Å². The van der Waals surface area contributed by atoms with Crippen molar-refractivity contribution in [1.29, 1.82) is 0 Å². The monoisotopic (exact) mass is 417 g/mol. The van der Waals surface area contributed by atoms with Crippen molar-refractivity contribution >= 4 is 35.5 Å². The van der Waals surface area contributed by atoms with Crippen molar-refractivity contribution in [3.8, 4) is 0 Å². The van der Waals surface area contributed by atoms with Gasteiger partial charge in [0.05, 0.1) is 11.6 Å². The van der Waals surface area contributed by atoms with E-state index < -0.39 is 5.97 Å². The van der Waals surface area contributed by atoms with Crippen molar-refractivity contribution in [2.75, 3.05) is 0 Å². The maximum absolute atomic E-state index is 11.6. The molecule has 0 aliphatic heterocycles. The summed E-state index contributed by atoms with van der Waals surface area (Å²) in [5, 5.41) is 12.2. The van der Waals surface area contributed by atoms with Gasteiger partial charge in [0.1, 0.15) is 12.2 Å². The molecule has 2 aromatic rings. The summed E-state index contributed by atoms with van der Waals surface area (Å²) in [6.45, 7) is 9.27. The molecule has 7 heteroatoms. The van der Waals surface area contributed by atoms with Gasteiger partial charge in [-0.1, -0.05) is 57.2 Å². The highest BCUT2D eigenvalue weighted by atomic mass is 32.2. The van der Waals surface area contributed by atoms with E-state index in [4.69, 9.17) is 21.5 Å². The number of thiocarbonyl (C=S) groups is 1. The number of benzene rings is 2. The number of carbonyl (C=O) groups excluding carboxylic acids is 1. The molecule has 0 fully saturated rings. The van der Waals surface area contributed by atoms with Crippen molar-refractivity contribution in [3.05, 3.63) is 70.8 Å². The summed E-state index contributed by atoms with van der Waals surface area (Å²) in [5.41, 5.74) is 4.09. The molecule has 0 radical (unpaired) electrons. The van der Waals surface area contributed by atoms with Gasteiger partial charge in [-0.3, -0.25) is 0 Å². The van der Waals surface area contributed by atoms with Gasteiger partial charge in [0, 0.05) is 6.54 Å². The zero-order chi connectivity index (χ0) is 20.7. The molecule has 1 unspecified atom stereocenters. The van der Waals surface area contributed by atoms with Crippen LogP contribution in [0.15, 0.2) is 48.5 Å². The molecule has 0 amide bonds. The summed E-state index contributed by atoms with van der Waals surface area (Å²) in [7, 11) is 0. The minimum atomic E-state index is -0.464. The summed E-state index contributed by atoms with van der Waals surface area (Å²) in [6.07, 6.45) is 0. The smallest absolute Gasteiger partial charge is 0.351 e. The highest BCUT2D eigenvalue weighted by Crippen LogP contribution is 2.22. The fourth-order valence-corrected chi connectivity index (χ4v) is 3.07. The Labute approximate surface area is 176 Å². The van der Waals surface area contributed by atoms with Gasteiger partial charge in [-0.15, -0.1) is 0 Å². The number of nitrogens with one attached hydrogen (secondary N) is 2. The van der Waals surface area contributed by atoms with E-state index in [1.54, 1.807) is 12.1 Å². The summed E-state index contributed by atoms with van der Waals surface area (Å²) in [5.74, 6) is -0.464. The lowest BCUT2D eigenvalue weighted by Gasteiger charge is -2.20. The Kier molecular flexibility index (Phi) is 7.86. The molecule has 0 spiro atoms. The number of rotatable bonds is 6. The molecule has 2 rings (SSSR count).